The number of carbonyl (C=O) groups is 1. The third-order valence-electron chi connectivity index (χ3n) is 4.33. The van der Waals surface area contributed by atoms with Gasteiger partial charge >= 0.3 is 5.97 Å². The number of nitrogens with zero attached hydrogens (tertiary/aromatic N) is 3. The number of nitrogens with one attached hydrogen (secondary N) is 1. The molecule has 1 aliphatic carbocycles. The number of aliphatic carboxylic acids is 1. The molecule has 0 amide bonds. The van der Waals surface area contributed by atoms with Gasteiger partial charge in [0.2, 0.25) is 0 Å². The van der Waals surface area contributed by atoms with Crippen LogP contribution in [0.4, 0.5) is 5.82 Å². The minimum absolute atomic E-state index is 0.109. The summed E-state index contributed by atoms with van der Waals surface area (Å²) in [5.74, 6) is -0.0421. The Balaban J connectivity index is 1.93. The van der Waals surface area contributed by atoms with Gasteiger partial charge < -0.3 is 10.4 Å². The van der Waals surface area contributed by atoms with Crippen LogP contribution in [0.15, 0.2) is 24.7 Å². The van der Waals surface area contributed by atoms with E-state index in [0.29, 0.717) is 12.2 Å². The van der Waals surface area contributed by atoms with Crippen LogP contribution in [0.5, 0.6) is 0 Å². The molecule has 2 heterocycles. The fraction of sp³-hybridized carbons (Fsp3) is 0.500. The molecule has 106 valence electrons. The summed E-state index contributed by atoms with van der Waals surface area (Å²) in [5, 5.41) is 17.0. The van der Waals surface area contributed by atoms with E-state index in [1.165, 1.54) is 0 Å². The largest absolute Gasteiger partial charge is 0.481 e. The quantitative estimate of drug-likeness (QED) is 0.896. The molecule has 2 aromatic heterocycles. The maximum absolute atomic E-state index is 11.6. The average molecular weight is 274 g/mol. The zero-order valence-electron chi connectivity index (χ0n) is 11.4. The van der Waals surface area contributed by atoms with Gasteiger partial charge in [0.15, 0.2) is 5.82 Å². The van der Waals surface area contributed by atoms with Crippen LogP contribution in [0, 0.1) is 5.41 Å². The van der Waals surface area contributed by atoms with Crippen molar-refractivity contribution in [2.24, 2.45) is 5.41 Å². The summed E-state index contributed by atoms with van der Waals surface area (Å²) >= 11 is 0. The predicted molar refractivity (Wildman–Crippen MR) is 74.6 cm³/mol. The van der Waals surface area contributed by atoms with Gasteiger partial charge in [-0.1, -0.05) is 12.8 Å². The van der Waals surface area contributed by atoms with Gasteiger partial charge in [-0.2, -0.15) is 5.10 Å². The van der Waals surface area contributed by atoms with E-state index >= 15 is 0 Å². The first-order chi connectivity index (χ1) is 9.61. The number of hydrogen-bond acceptors (Lipinski definition) is 4. The summed E-state index contributed by atoms with van der Waals surface area (Å²) in [6.07, 6.45) is 8.71. The summed E-state index contributed by atoms with van der Waals surface area (Å²) in [6.45, 7) is 1.82. The molecule has 2 N–H and O–H groups in total. The number of carboxylic acids is 1. The van der Waals surface area contributed by atoms with Gasteiger partial charge in [-0.15, -0.1) is 0 Å². The van der Waals surface area contributed by atoms with Gasteiger partial charge in [-0.3, -0.25) is 4.79 Å². The van der Waals surface area contributed by atoms with Crippen LogP contribution in [0.25, 0.3) is 5.52 Å². The van der Waals surface area contributed by atoms with Crippen molar-refractivity contribution >= 4 is 17.3 Å². The molecule has 6 nitrogen and oxygen atoms in total. The van der Waals surface area contributed by atoms with Crippen molar-refractivity contribution in [2.75, 3.05) is 5.32 Å². The molecule has 2 aromatic rings. The molecule has 3 rings (SSSR count). The lowest BCUT2D eigenvalue weighted by Gasteiger charge is -2.38. The Bertz CT molecular complexity index is 639. The number of aromatic nitrogens is 3. The van der Waals surface area contributed by atoms with E-state index in [1.807, 2.05) is 13.0 Å². The van der Waals surface area contributed by atoms with Gasteiger partial charge in [-0.25, -0.2) is 9.50 Å². The lowest BCUT2D eigenvalue weighted by Crippen LogP contribution is -2.46. The highest BCUT2D eigenvalue weighted by molar-refractivity contribution is 5.77. The third-order valence-corrected chi connectivity index (χ3v) is 4.33. The van der Waals surface area contributed by atoms with Crippen molar-refractivity contribution in [3.8, 4) is 0 Å². The Hall–Kier alpha value is -2.11. The van der Waals surface area contributed by atoms with Crippen molar-refractivity contribution in [1.82, 2.24) is 14.6 Å². The molecule has 20 heavy (non-hydrogen) atoms. The smallest absolute Gasteiger partial charge is 0.311 e. The van der Waals surface area contributed by atoms with Crippen LogP contribution in [0.1, 0.15) is 32.6 Å². The number of anilines is 1. The van der Waals surface area contributed by atoms with E-state index in [-0.39, 0.29) is 6.04 Å². The molecule has 0 saturated heterocycles. The molecule has 0 spiro atoms. The van der Waals surface area contributed by atoms with Crippen LogP contribution in [0.3, 0.4) is 0 Å². The van der Waals surface area contributed by atoms with Gasteiger partial charge in [0.25, 0.3) is 0 Å². The molecule has 1 saturated carbocycles. The Kier molecular flexibility index (Phi) is 3.08. The molecule has 0 bridgehead atoms. The number of fused-ring (bicyclic) bond motifs is 1. The topological polar surface area (TPSA) is 79.5 Å². The first-order valence-electron chi connectivity index (χ1n) is 6.89. The van der Waals surface area contributed by atoms with Crippen LogP contribution in [-0.4, -0.2) is 31.7 Å². The van der Waals surface area contributed by atoms with Crippen LogP contribution >= 0.6 is 0 Å². The molecule has 1 fully saturated rings. The molecule has 6 heteroatoms. The standard InChI is InChI=1S/C14H18N4O2/c1-14(13(19)20)6-3-2-4-11(14)17-12-10-5-7-16-18(10)9-8-15-12/h5,7-9,11H,2-4,6H2,1H3,(H,15,17)(H,19,20). The molecule has 0 radical (unpaired) electrons. The monoisotopic (exact) mass is 274 g/mol. The summed E-state index contributed by atoms with van der Waals surface area (Å²) < 4.78 is 1.73. The SMILES string of the molecule is CC1(C(=O)O)CCCCC1Nc1nccn2nccc12. The van der Waals surface area contributed by atoms with Crippen molar-refractivity contribution in [1.29, 1.82) is 0 Å². The Morgan fingerprint density at radius 1 is 1.50 bits per heavy atom. The van der Waals surface area contributed by atoms with E-state index in [2.05, 4.69) is 15.4 Å². The molecular formula is C14H18N4O2. The highest BCUT2D eigenvalue weighted by Gasteiger charge is 2.43. The first kappa shape index (κ1) is 12.9. The van der Waals surface area contributed by atoms with Crippen molar-refractivity contribution in [2.45, 2.75) is 38.6 Å². The van der Waals surface area contributed by atoms with Crippen molar-refractivity contribution in [3.63, 3.8) is 0 Å². The molecule has 2 unspecified atom stereocenters. The zero-order valence-corrected chi connectivity index (χ0v) is 11.4. The fourth-order valence-corrected chi connectivity index (χ4v) is 2.95. The summed E-state index contributed by atoms with van der Waals surface area (Å²) in [4.78, 5) is 15.9. The van der Waals surface area contributed by atoms with Gasteiger partial charge in [0.1, 0.15) is 5.52 Å². The normalized spacial score (nSPS) is 26.6. The zero-order chi connectivity index (χ0) is 14.2. The van der Waals surface area contributed by atoms with Crippen LogP contribution in [-0.2, 0) is 4.79 Å². The molecule has 2 atom stereocenters. The first-order valence-corrected chi connectivity index (χ1v) is 6.89. The molecule has 0 aliphatic heterocycles. The van der Waals surface area contributed by atoms with Crippen LogP contribution in [0.2, 0.25) is 0 Å². The Morgan fingerprint density at radius 2 is 2.35 bits per heavy atom. The third kappa shape index (κ3) is 2.01. The van der Waals surface area contributed by atoms with E-state index in [0.717, 1.165) is 24.8 Å². The second-order valence-electron chi connectivity index (χ2n) is 5.60. The van der Waals surface area contributed by atoms with Crippen molar-refractivity contribution in [3.05, 3.63) is 24.7 Å². The molecule has 1 aliphatic rings. The van der Waals surface area contributed by atoms with E-state index in [4.69, 9.17) is 0 Å². The minimum atomic E-state index is -0.743. The number of carboxylic acid groups (broad SMARTS) is 1. The lowest BCUT2D eigenvalue weighted by atomic mass is 9.71. The minimum Gasteiger partial charge on any atom is -0.481 e. The highest BCUT2D eigenvalue weighted by Crippen LogP contribution is 2.38. The predicted octanol–water partition coefficient (Wildman–Crippen LogP) is 2.17. The van der Waals surface area contributed by atoms with Crippen LogP contribution < -0.4 is 5.32 Å². The molecular weight excluding hydrogens is 256 g/mol. The lowest BCUT2D eigenvalue weighted by molar-refractivity contribution is -0.150. The van der Waals surface area contributed by atoms with E-state index in [1.54, 1.807) is 23.1 Å². The summed E-state index contributed by atoms with van der Waals surface area (Å²) in [7, 11) is 0. The Labute approximate surface area is 116 Å². The summed E-state index contributed by atoms with van der Waals surface area (Å²) in [6, 6.07) is 1.76. The number of hydrogen-bond donors (Lipinski definition) is 2. The maximum Gasteiger partial charge on any atom is 0.311 e. The second kappa shape index (κ2) is 4.77. The maximum atomic E-state index is 11.6. The second-order valence-corrected chi connectivity index (χ2v) is 5.60. The fourth-order valence-electron chi connectivity index (χ4n) is 2.95. The summed E-state index contributed by atoms with van der Waals surface area (Å²) in [5.41, 5.74) is 0.123. The van der Waals surface area contributed by atoms with Gasteiger partial charge in [-0.05, 0) is 25.8 Å². The number of rotatable bonds is 3. The Morgan fingerprint density at radius 3 is 3.15 bits per heavy atom. The molecule has 0 aromatic carbocycles. The highest BCUT2D eigenvalue weighted by atomic mass is 16.4. The van der Waals surface area contributed by atoms with Gasteiger partial charge in [0.05, 0.1) is 11.6 Å². The van der Waals surface area contributed by atoms with Crippen molar-refractivity contribution < 1.29 is 9.90 Å². The van der Waals surface area contributed by atoms with E-state index < -0.39 is 11.4 Å². The average Bonchev–Trinajstić information content (AvgIpc) is 2.90. The van der Waals surface area contributed by atoms with E-state index in [9.17, 15) is 9.90 Å². The van der Waals surface area contributed by atoms with Gasteiger partial charge in [0, 0.05) is 18.4 Å².